The van der Waals surface area contributed by atoms with Crippen LogP contribution in [-0.4, -0.2) is 5.78 Å². The summed E-state index contributed by atoms with van der Waals surface area (Å²) in [7, 11) is 0. The average Bonchev–Trinajstić information content (AvgIpc) is 2.37. The molecule has 1 nitrogen and oxygen atoms in total. The highest BCUT2D eigenvalue weighted by Crippen LogP contribution is 2.05. The van der Waals surface area contributed by atoms with Crippen molar-refractivity contribution in [2.24, 2.45) is 0 Å². The second kappa shape index (κ2) is 13.7. The first-order valence-corrected chi connectivity index (χ1v) is 6.89. The fourth-order valence-corrected chi connectivity index (χ4v) is 1.61. The molecule has 100 valence electrons. The summed E-state index contributed by atoms with van der Waals surface area (Å²) in [6, 6.07) is 0. The van der Waals surface area contributed by atoms with Gasteiger partial charge < -0.3 is 0 Å². The summed E-state index contributed by atoms with van der Waals surface area (Å²) in [4.78, 5) is 11.4. The maximum absolute atomic E-state index is 11.4. The van der Waals surface area contributed by atoms with Gasteiger partial charge in [-0.1, -0.05) is 43.4 Å². The fourth-order valence-electron chi connectivity index (χ4n) is 1.61. The maximum Gasteiger partial charge on any atom is 0.155 e. The van der Waals surface area contributed by atoms with E-state index in [-0.39, 0.29) is 5.78 Å². The maximum atomic E-state index is 11.4. The fraction of sp³-hybridized carbons (Fsp3) is 0.471. The average molecular weight is 246 g/mol. The Morgan fingerprint density at radius 3 is 2.28 bits per heavy atom. The molecular formula is C17H26O. The van der Waals surface area contributed by atoms with Crippen LogP contribution < -0.4 is 0 Å². The van der Waals surface area contributed by atoms with E-state index < -0.39 is 0 Å². The molecule has 0 radical (unpaired) electrons. The minimum Gasteiger partial charge on any atom is -0.295 e. The lowest BCUT2D eigenvalue weighted by Gasteiger charge is -1.95. The van der Waals surface area contributed by atoms with Crippen molar-refractivity contribution >= 4 is 5.78 Å². The zero-order chi connectivity index (χ0) is 13.5. The molecular weight excluding hydrogens is 220 g/mol. The van der Waals surface area contributed by atoms with Crippen LogP contribution in [0.3, 0.4) is 0 Å². The summed E-state index contributed by atoms with van der Waals surface area (Å²) in [5.41, 5.74) is 0. The smallest absolute Gasteiger partial charge is 0.155 e. The predicted octanol–water partition coefficient (Wildman–Crippen LogP) is 5.16. The van der Waals surface area contributed by atoms with Gasteiger partial charge in [-0.25, -0.2) is 0 Å². The third kappa shape index (κ3) is 12.7. The molecule has 0 aromatic rings. The van der Waals surface area contributed by atoms with Crippen LogP contribution in [0.4, 0.5) is 0 Å². The van der Waals surface area contributed by atoms with Crippen LogP contribution in [0.15, 0.2) is 49.6 Å². The zero-order valence-corrected chi connectivity index (χ0v) is 11.4. The van der Waals surface area contributed by atoms with E-state index in [2.05, 4.69) is 19.2 Å². The Bertz CT molecular complexity index is 284. The van der Waals surface area contributed by atoms with Gasteiger partial charge in [-0.15, -0.1) is 6.58 Å². The highest BCUT2D eigenvalue weighted by Gasteiger charge is 1.94. The molecule has 0 rings (SSSR count). The van der Waals surface area contributed by atoms with Gasteiger partial charge >= 0.3 is 0 Å². The van der Waals surface area contributed by atoms with Crippen molar-refractivity contribution in [3.05, 3.63) is 49.6 Å². The monoisotopic (exact) mass is 246 g/mol. The zero-order valence-electron chi connectivity index (χ0n) is 11.4. The molecule has 0 heterocycles. The SMILES string of the molecule is C=C/C=C/CCCCC/C=C/C(=O)CCCC=C. The van der Waals surface area contributed by atoms with Crippen molar-refractivity contribution in [2.75, 3.05) is 0 Å². The minimum absolute atomic E-state index is 0.241. The molecule has 0 amide bonds. The lowest BCUT2D eigenvalue weighted by atomic mass is 10.1. The van der Waals surface area contributed by atoms with E-state index in [1.54, 1.807) is 12.2 Å². The summed E-state index contributed by atoms with van der Waals surface area (Å²) >= 11 is 0. The Kier molecular flexibility index (Phi) is 12.7. The number of unbranched alkanes of at least 4 members (excludes halogenated alkanes) is 5. The second-order valence-electron chi connectivity index (χ2n) is 4.35. The summed E-state index contributed by atoms with van der Waals surface area (Å²) in [6.07, 6.45) is 19.8. The number of carbonyl (C=O) groups is 1. The molecule has 1 heteroatoms. The van der Waals surface area contributed by atoms with E-state index >= 15 is 0 Å². The quantitative estimate of drug-likeness (QED) is 0.201. The number of ketones is 1. The van der Waals surface area contributed by atoms with Crippen molar-refractivity contribution in [1.82, 2.24) is 0 Å². The van der Waals surface area contributed by atoms with E-state index in [1.807, 2.05) is 18.2 Å². The Labute approximate surface area is 112 Å². The lowest BCUT2D eigenvalue weighted by molar-refractivity contribution is -0.114. The first-order valence-electron chi connectivity index (χ1n) is 6.89. The number of allylic oxidation sites excluding steroid dienone is 6. The Hall–Kier alpha value is -1.37. The minimum atomic E-state index is 0.241. The van der Waals surface area contributed by atoms with Gasteiger partial charge in [-0.05, 0) is 44.6 Å². The molecule has 0 unspecified atom stereocenters. The van der Waals surface area contributed by atoms with E-state index in [0.717, 1.165) is 25.7 Å². The summed E-state index contributed by atoms with van der Waals surface area (Å²) in [6.45, 7) is 7.27. The molecule has 0 spiro atoms. The molecule has 0 saturated carbocycles. The highest BCUT2D eigenvalue weighted by molar-refractivity contribution is 5.89. The first kappa shape index (κ1) is 16.6. The van der Waals surface area contributed by atoms with Gasteiger partial charge in [0, 0.05) is 6.42 Å². The van der Waals surface area contributed by atoms with E-state index in [4.69, 9.17) is 0 Å². The molecule has 0 saturated heterocycles. The van der Waals surface area contributed by atoms with E-state index in [0.29, 0.717) is 6.42 Å². The summed E-state index contributed by atoms with van der Waals surface area (Å²) < 4.78 is 0. The third-order valence-electron chi connectivity index (χ3n) is 2.65. The number of hydrogen-bond donors (Lipinski definition) is 0. The van der Waals surface area contributed by atoms with Gasteiger partial charge in [0.05, 0.1) is 0 Å². The standard InChI is InChI=1S/C17H26O/c1-3-5-7-8-9-10-11-12-14-16-17(18)15-13-6-4-2/h3-5,7,14,16H,1-2,6,8-13,15H2/b7-5+,16-14+. The molecule has 0 aliphatic carbocycles. The van der Waals surface area contributed by atoms with Crippen LogP contribution in [0.5, 0.6) is 0 Å². The number of carbonyl (C=O) groups excluding carboxylic acids is 1. The van der Waals surface area contributed by atoms with Crippen LogP contribution in [0.1, 0.15) is 51.4 Å². The van der Waals surface area contributed by atoms with Gasteiger partial charge in [-0.3, -0.25) is 4.79 Å². The van der Waals surface area contributed by atoms with Crippen LogP contribution in [-0.2, 0) is 4.79 Å². The van der Waals surface area contributed by atoms with Gasteiger partial charge in [0.2, 0.25) is 0 Å². The topological polar surface area (TPSA) is 17.1 Å². The summed E-state index contributed by atoms with van der Waals surface area (Å²) in [5, 5.41) is 0. The largest absolute Gasteiger partial charge is 0.295 e. The first-order chi connectivity index (χ1) is 8.81. The van der Waals surface area contributed by atoms with Gasteiger partial charge in [0.1, 0.15) is 0 Å². The molecule has 0 atom stereocenters. The third-order valence-corrected chi connectivity index (χ3v) is 2.65. The number of hydrogen-bond acceptors (Lipinski definition) is 1. The van der Waals surface area contributed by atoms with Gasteiger partial charge in [0.25, 0.3) is 0 Å². The molecule has 0 aromatic heterocycles. The van der Waals surface area contributed by atoms with Gasteiger partial charge in [0.15, 0.2) is 5.78 Å². The molecule has 0 fully saturated rings. The second-order valence-corrected chi connectivity index (χ2v) is 4.35. The van der Waals surface area contributed by atoms with Crippen LogP contribution in [0, 0.1) is 0 Å². The molecule has 18 heavy (non-hydrogen) atoms. The van der Waals surface area contributed by atoms with Crippen molar-refractivity contribution in [1.29, 1.82) is 0 Å². The normalized spacial score (nSPS) is 11.1. The molecule has 0 bridgehead atoms. The molecule has 0 aliphatic heterocycles. The molecule has 0 aliphatic rings. The highest BCUT2D eigenvalue weighted by atomic mass is 16.1. The Morgan fingerprint density at radius 2 is 1.61 bits per heavy atom. The predicted molar refractivity (Wildman–Crippen MR) is 80.6 cm³/mol. The lowest BCUT2D eigenvalue weighted by Crippen LogP contribution is -1.91. The van der Waals surface area contributed by atoms with Crippen molar-refractivity contribution < 1.29 is 4.79 Å². The van der Waals surface area contributed by atoms with Crippen LogP contribution in [0.25, 0.3) is 0 Å². The molecule has 0 aromatic carbocycles. The van der Waals surface area contributed by atoms with Gasteiger partial charge in [-0.2, -0.15) is 0 Å². The summed E-state index contributed by atoms with van der Waals surface area (Å²) in [5.74, 6) is 0.241. The Morgan fingerprint density at radius 1 is 0.889 bits per heavy atom. The van der Waals surface area contributed by atoms with E-state index in [9.17, 15) is 4.79 Å². The van der Waals surface area contributed by atoms with E-state index in [1.165, 1.54) is 19.3 Å². The van der Waals surface area contributed by atoms with Crippen molar-refractivity contribution in [3.63, 3.8) is 0 Å². The van der Waals surface area contributed by atoms with Crippen LogP contribution >= 0.6 is 0 Å². The van der Waals surface area contributed by atoms with Crippen molar-refractivity contribution in [3.8, 4) is 0 Å². The Balaban J connectivity index is 3.36. The van der Waals surface area contributed by atoms with Crippen molar-refractivity contribution in [2.45, 2.75) is 51.4 Å². The number of rotatable bonds is 12. The molecule has 0 N–H and O–H groups in total. The van der Waals surface area contributed by atoms with Crippen LogP contribution in [0.2, 0.25) is 0 Å².